The lowest BCUT2D eigenvalue weighted by Crippen LogP contribution is -2.33. The molecule has 1 unspecified atom stereocenters. The van der Waals surface area contributed by atoms with E-state index >= 15 is 0 Å². The SMILES string of the molecule is CCC(C)(CC)C(C(C#N)C#N)C1CC1. The van der Waals surface area contributed by atoms with Crippen LogP contribution in [0.3, 0.4) is 0 Å². The molecular weight excluding hydrogens is 184 g/mol. The van der Waals surface area contributed by atoms with Gasteiger partial charge in [-0.15, -0.1) is 0 Å². The fraction of sp³-hybridized carbons (Fsp3) is 0.846. The molecule has 1 saturated carbocycles. The molecule has 0 saturated heterocycles. The highest BCUT2D eigenvalue weighted by molar-refractivity contribution is 5.09. The Labute approximate surface area is 92.9 Å². The zero-order valence-corrected chi connectivity index (χ0v) is 9.95. The molecular formula is C13H20N2. The van der Waals surface area contributed by atoms with E-state index in [2.05, 4.69) is 32.9 Å². The Morgan fingerprint density at radius 2 is 1.67 bits per heavy atom. The second kappa shape index (κ2) is 4.67. The average Bonchev–Trinajstić information content (AvgIpc) is 3.08. The van der Waals surface area contributed by atoms with Gasteiger partial charge in [-0.05, 0) is 30.1 Å². The number of nitriles is 2. The summed E-state index contributed by atoms with van der Waals surface area (Å²) in [5, 5.41) is 18.1. The molecule has 0 bridgehead atoms. The third-order valence-electron chi connectivity index (χ3n) is 4.19. The van der Waals surface area contributed by atoms with Crippen LogP contribution in [0.15, 0.2) is 0 Å². The Morgan fingerprint density at radius 3 is 1.93 bits per heavy atom. The molecule has 2 heteroatoms. The highest BCUT2D eigenvalue weighted by Crippen LogP contribution is 2.52. The molecule has 0 amide bonds. The molecule has 0 radical (unpaired) electrons. The Bertz CT molecular complexity index is 273. The van der Waals surface area contributed by atoms with Gasteiger partial charge >= 0.3 is 0 Å². The molecule has 0 aromatic carbocycles. The maximum Gasteiger partial charge on any atom is 0.136 e. The molecule has 0 spiro atoms. The van der Waals surface area contributed by atoms with Crippen LogP contribution in [0.1, 0.15) is 46.5 Å². The maximum absolute atomic E-state index is 9.05. The second-order valence-corrected chi connectivity index (χ2v) is 4.96. The van der Waals surface area contributed by atoms with Gasteiger partial charge in [0, 0.05) is 0 Å². The van der Waals surface area contributed by atoms with Gasteiger partial charge in [0.05, 0.1) is 12.1 Å². The summed E-state index contributed by atoms with van der Waals surface area (Å²) in [7, 11) is 0. The lowest BCUT2D eigenvalue weighted by atomic mass is 9.66. The third-order valence-corrected chi connectivity index (χ3v) is 4.19. The molecule has 0 aliphatic heterocycles. The Hall–Kier alpha value is -1.02. The van der Waals surface area contributed by atoms with Crippen molar-refractivity contribution in [3.8, 4) is 12.1 Å². The van der Waals surface area contributed by atoms with E-state index in [9.17, 15) is 0 Å². The molecule has 1 rings (SSSR count). The normalized spacial score (nSPS) is 18.3. The maximum atomic E-state index is 9.05. The van der Waals surface area contributed by atoms with Crippen molar-refractivity contribution in [2.45, 2.75) is 46.5 Å². The lowest BCUT2D eigenvalue weighted by molar-refractivity contribution is 0.126. The Balaban J connectivity index is 2.92. The minimum absolute atomic E-state index is 0.164. The van der Waals surface area contributed by atoms with Crippen LogP contribution in [-0.4, -0.2) is 0 Å². The summed E-state index contributed by atoms with van der Waals surface area (Å²) in [6.07, 6.45) is 4.54. The van der Waals surface area contributed by atoms with Crippen LogP contribution in [0.4, 0.5) is 0 Å². The molecule has 15 heavy (non-hydrogen) atoms. The minimum Gasteiger partial charge on any atom is -0.197 e. The first-order valence-corrected chi connectivity index (χ1v) is 5.92. The van der Waals surface area contributed by atoms with Crippen molar-refractivity contribution in [1.29, 1.82) is 10.5 Å². The first-order valence-electron chi connectivity index (χ1n) is 5.92. The zero-order chi connectivity index (χ0) is 11.5. The predicted octanol–water partition coefficient (Wildman–Crippen LogP) is 3.50. The van der Waals surface area contributed by atoms with E-state index in [-0.39, 0.29) is 11.3 Å². The fourth-order valence-electron chi connectivity index (χ4n) is 2.61. The van der Waals surface area contributed by atoms with E-state index < -0.39 is 5.92 Å². The van der Waals surface area contributed by atoms with Gasteiger partial charge in [0.2, 0.25) is 0 Å². The van der Waals surface area contributed by atoms with Crippen molar-refractivity contribution in [1.82, 2.24) is 0 Å². The van der Waals surface area contributed by atoms with Crippen LogP contribution in [-0.2, 0) is 0 Å². The number of hydrogen-bond donors (Lipinski definition) is 0. The largest absolute Gasteiger partial charge is 0.197 e. The highest BCUT2D eigenvalue weighted by atomic mass is 14.5. The molecule has 0 aromatic heterocycles. The molecule has 2 nitrogen and oxygen atoms in total. The molecule has 82 valence electrons. The number of hydrogen-bond acceptors (Lipinski definition) is 2. The molecule has 1 aliphatic carbocycles. The molecule has 1 fully saturated rings. The van der Waals surface area contributed by atoms with Crippen molar-refractivity contribution in [2.75, 3.05) is 0 Å². The van der Waals surface area contributed by atoms with Gasteiger partial charge in [0.25, 0.3) is 0 Å². The summed E-state index contributed by atoms with van der Waals surface area (Å²) < 4.78 is 0. The van der Waals surface area contributed by atoms with E-state index in [0.29, 0.717) is 5.92 Å². The summed E-state index contributed by atoms with van der Waals surface area (Å²) in [6, 6.07) is 4.37. The van der Waals surface area contributed by atoms with Gasteiger partial charge in [-0.3, -0.25) is 0 Å². The molecule has 1 aliphatic rings. The standard InChI is InChI=1S/C13H20N2/c1-4-13(3,5-2)12(10-6-7-10)11(8-14)9-15/h10-12H,4-7H2,1-3H3. The summed E-state index contributed by atoms with van der Waals surface area (Å²) in [5.74, 6) is 0.490. The zero-order valence-electron chi connectivity index (χ0n) is 9.95. The third kappa shape index (κ3) is 2.32. The van der Waals surface area contributed by atoms with Gasteiger partial charge in [0.1, 0.15) is 5.92 Å². The van der Waals surface area contributed by atoms with Gasteiger partial charge in [-0.25, -0.2) is 0 Å². The van der Waals surface area contributed by atoms with Gasteiger partial charge in [-0.1, -0.05) is 33.6 Å². The van der Waals surface area contributed by atoms with Crippen LogP contribution < -0.4 is 0 Å². The minimum atomic E-state index is -0.414. The quantitative estimate of drug-likeness (QED) is 0.688. The van der Waals surface area contributed by atoms with E-state index in [4.69, 9.17) is 10.5 Å². The van der Waals surface area contributed by atoms with Crippen molar-refractivity contribution in [2.24, 2.45) is 23.2 Å². The first kappa shape index (κ1) is 12.1. The van der Waals surface area contributed by atoms with Crippen molar-refractivity contribution in [3.05, 3.63) is 0 Å². The first-order chi connectivity index (χ1) is 7.12. The summed E-state index contributed by atoms with van der Waals surface area (Å²) in [5.41, 5.74) is 0.164. The fourth-order valence-corrected chi connectivity index (χ4v) is 2.61. The molecule has 0 heterocycles. The van der Waals surface area contributed by atoms with Crippen molar-refractivity contribution < 1.29 is 0 Å². The van der Waals surface area contributed by atoms with Gasteiger partial charge in [-0.2, -0.15) is 10.5 Å². The lowest BCUT2D eigenvalue weighted by Gasteiger charge is -2.37. The Morgan fingerprint density at radius 1 is 1.20 bits per heavy atom. The summed E-state index contributed by atoms with van der Waals surface area (Å²) in [4.78, 5) is 0. The predicted molar refractivity (Wildman–Crippen MR) is 59.6 cm³/mol. The van der Waals surface area contributed by atoms with E-state index in [1.54, 1.807) is 0 Å². The van der Waals surface area contributed by atoms with Crippen LogP contribution >= 0.6 is 0 Å². The average molecular weight is 204 g/mol. The van der Waals surface area contributed by atoms with Crippen LogP contribution in [0, 0.1) is 45.8 Å². The van der Waals surface area contributed by atoms with Gasteiger partial charge in [0.15, 0.2) is 0 Å². The topological polar surface area (TPSA) is 47.6 Å². The monoisotopic (exact) mass is 204 g/mol. The highest BCUT2D eigenvalue weighted by Gasteiger charge is 2.46. The smallest absolute Gasteiger partial charge is 0.136 e. The van der Waals surface area contributed by atoms with Crippen molar-refractivity contribution in [3.63, 3.8) is 0 Å². The van der Waals surface area contributed by atoms with Crippen LogP contribution in [0.2, 0.25) is 0 Å². The Kier molecular flexibility index (Phi) is 3.75. The molecule has 0 N–H and O–H groups in total. The molecule has 1 atom stereocenters. The number of rotatable bonds is 5. The summed E-state index contributed by atoms with van der Waals surface area (Å²) in [6.45, 7) is 6.58. The summed E-state index contributed by atoms with van der Waals surface area (Å²) >= 11 is 0. The van der Waals surface area contributed by atoms with Gasteiger partial charge < -0.3 is 0 Å². The van der Waals surface area contributed by atoms with Crippen LogP contribution in [0.25, 0.3) is 0 Å². The second-order valence-electron chi connectivity index (χ2n) is 4.96. The van der Waals surface area contributed by atoms with Crippen LogP contribution in [0.5, 0.6) is 0 Å². The van der Waals surface area contributed by atoms with E-state index in [1.165, 1.54) is 12.8 Å². The van der Waals surface area contributed by atoms with Crippen molar-refractivity contribution >= 4 is 0 Å². The molecule has 0 aromatic rings. The van der Waals surface area contributed by atoms with E-state index in [0.717, 1.165) is 12.8 Å². The van der Waals surface area contributed by atoms with E-state index in [1.807, 2.05) is 0 Å². The number of nitrogens with zero attached hydrogens (tertiary/aromatic N) is 2.